The molecule has 0 spiro atoms. The second kappa shape index (κ2) is 8.29. The number of hydrogen-bond acceptors (Lipinski definition) is 6. The SMILES string of the molecule is CNCC(=O)Oc1c(C)c(C)c2c(c1C)CC(CCn1ccc(=O)c(O)c1C)O2. The highest BCUT2D eigenvalue weighted by Gasteiger charge is 2.30. The Morgan fingerprint density at radius 2 is 2.00 bits per heavy atom. The summed E-state index contributed by atoms with van der Waals surface area (Å²) in [6.45, 7) is 8.38. The van der Waals surface area contributed by atoms with Crippen molar-refractivity contribution in [3.8, 4) is 17.2 Å². The van der Waals surface area contributed by atoms with Gasteiger partial charge in [-0.3, -0.25) is 9.59 Å². The fourth-order valence-corrected chi connectivity index (χ4v) is 3.79. The van der Waals surface area contributed by atoms with E-state index in [0.717, 1.165) is 40.8 Å². The van der Waals surface area contributed by atoms with Gasteiger partial charge in [-0.15, -0.1) is 0 Å². The zero-order valence-corrected chi connectivity index (χ0v) is 17.6. The number of aromatic nitrogens is 1. The van der Waals surface area contributed by atoms with Crippen LogP contribution in [0.5, 0.6) is 17.2 Å². The lowest BCUT2D eigenvalue weighted by Crippen LogP contribution is -2.24. The first-order valence-electron chi connectivity index (χ1n) is 9.78. The Balaban J connectivity index is 1.79. The van der Waals surface area contributed by atoms with Gasteiger partial charge < -0.3 is 24.5 Å². The second-order valence-electron chi connectivity index (χ2n) is 7.56. The number of nitrogens with one attached hydrogen (secondary N) is 1. The number of hydrogen-bond donors (Lipinski definition) is 2. The van der Waals surface area contributed by atoms with Crippen LogP contribution < -0.4 is 20.2 Å². The highest BCUT2D eigenvalue weighted by atomic mass is 16.5. The van der Waals surface area contributed by atoms with Crippen LogP contribution in [-0.2, 0) is 17.8 Å². The number of rotatable bonds is 6. The van der Waals surface area contributed by atoms with Crippen LogP contribution >= 0.6 is 0 Å². The monoisotopic (exact) mass is 400 g/mol. The Hall–Kier alpha value is -2.80. The Labute approximate surface area is 170 Å². The number of nitrogens with zero attached hydrogens (tertiary/aromatic N) is 1. The minimum absolute atomic E-state index is 0.0222. The van der Waals surface area contributed by atoms with E-state index in [0.29, 0.717) is 18.0 Å². The average Bonchev–Trinajstić information content (AvgIpc) is 3.12. The van der Waals surface area contributed by atoms with Crippen LogP contribution in [0, 0.1) is 27.7 Å². The van der Waals surface area contributed by atoms with E-state index in [1.54, 1.807) is 20.2 Å². The lowest BCUT2D eigenvalue weighted by atomic mass is 9.95. The molecule has 7 nitrogen and oxygen atoms in total. The molecule has 1 aromatic carbocycles. The highest BCUT2D eigenvalue weighted by Crippen LogP contribution is 2.43. The van der Waals surface area contributed by atoms with Crippen LogP contribution in [0.2, 0.25) is 0 Å². The van der Waals surface area contributed by atoms with Crippen molar-refractivity contribution in [1.82, 2.24) is 9.88 Å². The van der Waals surface area contributed by atoms with Crippen LogP contribution in [0.4, 0.5) is 0 Å². The molecule has 2 heterocycles. The molecule has 0 fully saturated rings. The first kappa shape index (κ1) is 20.9. The van der Waals surface area contributed by atoms with Crippen LogP contribution in [0.15, 0.2) is 17.1 Å². The summed E-state index contributed by atoms with van der Waals surface area (Å²) in [5, 5.41) is 12.7. The molecular weight excluding hydrogens is 372 g/mol. The van der Waals surface area contributed by atoms with Gasteiger partial charge in [0, 0.05) is 37.2 Å². The average molecular weight is 400 g/mol. The van der Waals surface area contributed by atoms with Gasteiger partial charge in [0.05, 0.1) is 12.2 Å². The lowest BCUT2D eigenvalue weighted by molar-refractivity contribution is -0.133. The highest BCUT2D eigenvalue weighted by molar-refractivity contribution is 5.76. The molecule has 0 bridgehead atoms. The molecule has 3 rings (SSSR count). The molecule has 1 atom stereocenters. The fraction of sp³-hybridized carbons (Fsp3) is 0.455. The molecule has 2 aromatic rings. The molecule has 1 aliphatic rings. The maximum Gasteiger partial charge on any atom is 0.325 e. The lowest BCUT2D eigenvalue weighted by Gasteiger charge is -2.17. The predicted octanol–water partition coefficient (Wildman–Crippen LogP) is 2.31. The fourth-order valence-electron chi connectivity index (χ4n) is 3.79. The van der Waals surface area contributed by atoms with Crippen LogP contribution in [0.25, 0.3) is 0 Å². The van der Waals surface area contributed by atoms with Gasteiger partial charge >= 0.3 is 5.97 Å². The maximum absolute atomic E-state index is 12.0. The smallest absolute Gasteiger partial charge is 0.325 e. The van der Waals surface area contributed by atoms with Gasteiger partial charge in [0.2, 0.25) is 5.43 Å². The number of aromatic hydroxyl groups is 1. The summed E-state index contributed by atoms with van der Waals surface area (Å²) < 4.78 is 13.7. The number of fused-ring (bicyclic) bond motifs is 1. The van der Waals surface area contributed by atoms with Crippen molar-refractivity contribution < 1.29 is 19.4 Å². The first-order chi connectivity index (χ1) is 13.7. The minimum atomic E-state index is -0.370. The molecule has 0 saturated heterocycles. The Morgan fingerprint density at radius 1 is 1.28 bits per heavy atom. The Morgan fingerprint density at radius 3 is 2.69 bits per heavy atom. The second-order valence-corrected chi connectivity index (χ2v) is 7.56. The quantitative estimate of drug-likeness (QED) is 0.571. The maximum atomic E-state index is 12.0. The number of carbonyl (C=O) groups excluding carboxylic acids is 1. The minimum Gasteiger partial charge on any atom is -0.503 e. The third kappa shape index (κ3) is 4.00. The number of ether oxygens (including phenoxy) is 2. The summed E-state index contributed by atoms with van der Waals surface area (Å²) in [6, 6.07) is 1.37. The third-order valence-electron chi connectivity index (χ3n) is 5.67. The van der Waals surface area contributed by atoms with E-state index in [1.807, 2.05) is 25.3 Å². The number of likely N-dealkylation sites (N-methyl/N-ethyl adjacent to an activating group) is 1. The number of benzene rings is 1. The molecule has 0 amide bonds. The topological polar surface area (TPSA) is 89.8 Å². The van der Waals surface area contributed by atoms with Crippen LogP contribution in [0.3, 0.4) is 0 Å². The molecule has 0 aliphatic carbocycles. The van der Waals surface area contributed by atoms with Gasteiger partial charge in [-0.1, -0.05) is 0 Å². The molecular formula is C22H28N2O5. The third-order valence-corrected chi connectivity index (χ3v) is 5.67. The summed E-state index contributed by atoms with van der Waals surface area (Å²) in [5.41, 5.74) is 4.09. The van der Waals surface area contributed by atoms with Crippen molar-refractivity contribution >= 4 is 5.97 Å². The van der Waals surface area contributed by atoms with E-state index in [1.165, 1.54) is 6.07 Å². The molecule has 7 heteroatoms. The summed E-state index contributed by atoms with van der Waals surface area (Å²) in [7, 11) is 1.71. The number of esters is 1. The molecule has 2 N–H and O–H groups in total. The van der Waals surface area contributed by atoms with Gasteiger partial charge in [0.25, 0.3) is 0 Å². The van der Waals surface area contributed by atoms with Gasteiger partial charge in [-0.2, -0.15) is 0 Å². The van der Waals surface area contributed by atoms with Crippen molar-refractivity contribution in [3.05, 3.63) is 50.4 Å². The van der Waals surface area contributed by atoms with Gasteiger partial charge in [0.1, 0.15) is 17.6 Å². The van der Waals surface area contributed by atoms with Crippen molar-refractivity contribution in [2.75, 3.05) is 13.6 Å². The van der Waals surface area contributed by atoms with Crippen molar-refractivity contribution in [3.63, 3.8) is 0 Å². The summed E-state index contributed by atoms with van der Waals surface area (Å²) >= 11 is 0. The van der Waals surface area contributed by atoms with Crippen molar-refractivity contribution in [2.24, 2.45) is 0 Å². The number of pyridine rings is 1. The first-order valence-corrected chi connectivity index (χ1v) is 9.78. The summed E-state index contributed by atoms with van der Waals surface area (Å²) in [5.74, 6) is 0.963. The van der Waals surface area contributed by atoms with Crippen molar-refractivity contribution in [2.45, 2.75) is 53.2 Å². The predicted molar refractivity (Wildman–Crippen MR) is 110 cm³/mol. The normalized spacial score (nSPS) is 15.1. The number of aryl methyl sites for hydroxylation is 1. The van der Waals surface area contributed by atoms with Crippen LogP contribution in [-0.4, -0.2) is 35.3 Å². The van der Waals surface area contributed by atoms with Gasteiger partial charge in [0.15, 0.2) is 5.75 Å². The van der Waals surface area contributed by atoms with E-state index in [-0.39, 0.29) is 29.8 Å². The van der Waals surface area contributed by atoms with Crippen LogP contribution in [0.1, 0.15) is 34.4 Å². The molecule has 156 valence electrons. The Kier molecular flexibility index (Phi) is 5.98. The van der Waals surface area contributed by atoms with E-state index in [2.05, 4.69) is 5.32 Å². The van der Waals surface area contributed by atoms with E-state index < -0.39 is 0 Å². The van der Waals surface area contributed by atoms with E-state index >= 15 is 0 Å². The summed E-state index contributed by atoms with van der Waals surface area (Å²) in [6.07, 6.45) is 3.12. The standard InChI is InChI=1S/C22H28N2O5/c1-12-13(2)22-17(14(3)21(12)29-19(26)11-23-5)10-16(28-22)6-8-24-9-7-18(25)20(27)15(24)4/h7,9,16,23,27H,6,8,10-11H2,1-5H3. The largest absolute Gasteiger partial charge is 0.503 e. The van der Waals surface area contributed by atoms with E-state index in [9.17, 15) is 14.7 Å². The molecule has 1 aliphatic heterocycles. The summed E-state index contributed by atoms with van der Waals surface area (Å²) in [4.78, 5) is 23.5. The molecule has 29 heavy (non-hydrogen) atoms. The molecule has 0 radical (unpaired) electrons. The Bertz CT molecular complexity index is 1010. The van der Waals surface area contributed by atoms with Gasteiger partial charge in [-0.05, 0) is 51.4 Å². The van der Waals surface area contributed by atoms with Crippen molar-refractivity contribution in [1.29, 1.82) is 0 Å². The molecule has 1 aromatic heterocycles. The van der Waals surface area contributed by atoms with E-state index in [4.69, 9.17) is 9.47 Å². The zero-order valence-electron chi connectivity index (χ0n) is 17.6. The zero-order chi connectivity index (χ0) is 21.3. The van der Waals surface area contributed by atoms with Gasteiger partial charge in [-0.25, -0.2) is 0 Å². The number of carbonyl (C=O) groups is 1. The molecule has 0 saturated carbocycles. The molecule has 1 unspecified atom stereocenters.